The van der Waals surface area contributed by atoms with Crippen molar-refractivity contribution in [3.63, 3.8) is 0 Å². The highest BCUT2D eigenvalue weighted by Gasteiger charge is 2.16. The molecule has 0 amide bonds. The van der Waals surface area contributed by atoms with E-state index in [4.69, 9.17) is 10.2 Å². The molecule has 0 bridgehead atoms. The molecular formula is C15H21NO. The fourth-order valence-electron chi connectivity index (χ4n) is 2.29. The summed E-state index contributed by atoms with van der Waals surface area (Å²) < 4.78 is 5.94. The van der Waals surface area contributed by atoms with E-state index in [1.807, 2.05) is 0 Å². The van der Waals surface area contributed by atoms with Gasteiger partial charge in [-0.1, -0.05) is 26.0 Å². The van der Waals surface area contributed by atoms with Crippen molar-refractivity contribution in [3.8, 4) is 0 Å². The Labute approximate surface area is 103 Å². The number of hydrogen-bond donors (Lipinski definition) is 1. The van der Waals surface area contributed by atoms with Crippen LogP contribution in [0.3, 0.4) is 0 Å². The number of fused-ring (bicyclic) bond motifs is 1. The average molecular weight is 231 g/mol. The van der Waals surface area contributed by atoms with E-state index in [0.29, 0.717) is 12.5 Å². The van der Waals surface area contributed by atoms with Crippen molar-refractivity contribution in [2.24, 2.45) is 11.7 Å². The molecule has 1 aromatic heterocycles. The molecule has 2 rings (SSSR count). The standard InChI is InChI=1S/C15H21NO/c1-9(2)7-13-12-6-5-10(3)11(4)15(12)17-14(13)8-16/h5-6,9H,7-8,16H2,1-4H3. The third-order valence-corrected chi connectivity index (χ3v) is 3.36. The Morgan fingerprint density at radius 3 is 2.53 bits per heavy atom. The van der Waals surface area contributed by atoms with Gasteiger partial charge in [0, 0.05) is 10.9 Å². The van der Waals surface area contributed by atoms with E-state index in [9.17, 15) is 0 Å². The van der Waals surface area contributed by atoms with Crippen molar-refractivity contribution >= 4 is 11.0 Å². The molecule has 0 saturated carbocycles. The second-order valence-corrected chi connectivity index (χ2v) is 5.19. The SMILES string of the molecule is Cc1ccc2c(CC(C)C)c(CN)oc2c1C. The van der Waals surface area contributed by atoms with Gasteiger partial charge in [-0.3, -0.25) is 0 Å². The van der Waals surface area contributed by atoms with Crippen LogP contribution in [0.5, 0.6) is 0 Å². The molecule has 0 spiro atoms. The minimum Gasteiger partial charge on any atom is -0.459 e. The third-order valence-electron chi connectivity index (χ3n) is 3.36. The second-order valence-electron chi connectivity index (χ2n) is 5.19. The van der Waals surface area contributed by atoms with Crippen LogP contribution in [0, 0.1) is 19.8 Å². The van der Waals surface area contributed by atoms with Crippen LogP contribution in [-0.4, -0.2) is 0 Å². The zero-order valence-electron chi connectivity index (χ0n) is 11.1. The highest BCUT2D eigenvalue weighted by molar-refractivity contribution is 5.85. The van der Waals surface area contributed by atoms with Gasteiger partial charge in [-0.25, -0.2) is 0 Å². The smallest absolute Gasteiger partial charge is 0.137 e. The largest absolute Gasteiger partial charge is 0.459 e. The lowest BCUT2D eigenvalue weighted by atomic mass is 9.98. The topological polar surface area (TPSA) is 39.2 Å². The average Bonchev–Trinajstić information content (AvgIpc) is 2.62. The van der Waals surface area contributed by atoms with Crippen LogP contribution in [0.15, 0.2) is 16.5 Å². The number of aryl methyl sites for hydroxylation is 2. The molecule has 2 aromatic rings. The summed E-state index contributed by atoms with van der Waals surface area (Å²) in [4.78, 5) is 0. The fraction of sp³-hybridized carbons (Fsp3) is 0.467. The number of furan rings is 1. The van der Waals surface area contributed by atoms with Gasteiger partial charge in [-0.2, -0.15) is 0 Å². The molecule has 1 heterocycles. The molecule has 2 heteroatoms. The Bertz CT molecular complexity index is 537. The van der Waals surface area contributed by atoms with Crippen molar-refractivity contribution in [1.82, 2.24) is 0 Å². The van der Waals surface area contributed by atoms with Gasteiger partial charge in [0.15, 0.2) is 0 Å². The van der Waals surface area contributed by atoms with E-state index in [1.54, 1.807) is 0 Å². The molecular weight excluding hydrogens is 210 g/mol. The Kier molecular flexibility index (Phi) is 3.25. The molecule has 0 unspecified atom stereocenters. The zero-order chi connectivity index (χ0) is 12.6. The maximum absolute atomic E-state index is 5.94. The molecule has 0 atom stereocenters. The van der Waals surface area contributed by atoms with Gasteiger partial charge in [-0.05, 0) is 37.3 Å². The van der Waals surface area contributed by atoms with Crippen LogP contribution >= 0.6 is 0 Å². The summed E-state index contributed by atoms with van der Waals surface area (Å²) in [6.07, 6.45) is 1.03. The molecule has 0 radical (unpaired) electrons. The maximum Gasteiger partial charge on any atom is 0.137 e. The van der Waals surface area contributed by atoms with E-state index in [0.717, 1.165) is 17.8 Å². The minimum atomic E-state index is 0.481. The van der Waals surface area contributed by atoms with E-state index >= 15 is 0 Å². The molecule has 0 saturated heterocycles. The predicted molar refractivity (Wildman–Crippen MR) is 72.1 cm³/mol. The highest BCUT2D eigenvalue weighted by atomic mass is 16.3. The van der Waals surface area contributed by atoms with Gasteiger partial charge in [0.25, 0.3) is 0 Å². The van der Waals surface area contributed by atoms with Crippen LogP contribution in [0.25, 0.3) is 11.0 Å². The van der Waals surface area contributed by atoms with E-state index in [2.05, 4.69) is 39.8 Å². The molecule has 0 aliphatic carbocycles. The first-order chi connectivity index (χ1) is 8.04. The van der Waals surface area contributed by atoms with Crippen molar-refractivity contribution in [2.75, 3.05) is 0 Å². The van der Waals surface area contributed by atoms with Crippen LogP contribution < -0.4 is 5.73 Å². The summed E-state index contributed by atoms with van der Waals surface area (Å²) in [5, 5.41) is 1.24. The molecule has 0 aliphatic heterocycles. The molecule has 0 aliphatic rings. The first kappa shape index (κ1) is 12.2. The molecule has 2 nitrogen and oxygen atoms in total. The number of benzene rings is 1. The molecule has 92 valence electrons. The highest BCUT2D eigenvalue weighted by Crippen LogP contribution is 2.31. The predicted octanol–water partition coefficient (Wildman–Crippen LogP) is 3.71. The quantitative estimate of drug-likeness (QED) is 0.874. The van der Waals surface area contributed by atoms with Crippen LogP contribution in [0.2, 0.25) is 0 Å². The summed E-state index contributed by atoms with van der Waals surface area (Å²) in [5.41, 5.74) is 10.6. The van der Waals surface area contributed by atoms with Crippen LogP contribution in [0.4, 0.5) is 0 Å². The van der Waals surface area contributed by atoms with Crippen LogP contribution in [0.1, 0.15) is 36.3 Å². The van der Waals surface area contributed by atoms with E-state index in [-0.39, 0.29) is 0 Å². The monoisotopic (exact) mass is 231 g/mol. The molecule has 17 heavy (non-hydrogen) atoms. The molecule has 0 fully saturated rings. The second kappa shape index (κ2) is 4.53. The lowest BCUT2D eigenvalue weighted by molar-refractivity contribution is 0.534. The van der Waals surface area contributed by atoms with Crippen LogP contribution in [-0.2, 0) is 13.0 Å². The Morgan fingerprint density at radius 1 is 1.24 bits per heavy atom. The summed E-state index contributed by atoms with van der Waals surface area (Å²) in [6, 6.07) is 4.33. The van der Waals surface area contributed by atoms with Gasteiger partial charge in [-0.15, -0.1) is 0 Å². The van der Waals surface area contributed by atoms with Gasteiger partial charge in [0.05, 0.1) is 6.54 Å². The Balaban J connectivity index is 2.68. The lowest BCUT2D eigenvalue weighted by Crippen LogP contribution is -2.01. The number of hydrogen-bond acceptors (Lipinski definition) is 2. The Hall–Kier alpha value is -1.28. The summed E-state index contributed by atoms with van der Waals surface area (Å²) in [7, 11) is 0. The molecule has 1 aromatic carbocycles. The Morgan fingerprint density at radius 2 is 1.94 bits per heavy atom. The van der Waals surface area contributed by atoms with E-state index in [1.165, 1.54) is 22.1 Å². The normalized spacial score (nSPS) is 11.6. The minimum absolute atomic E-state index is 0.481. The van der Waals surface area contributed by atoms with Gasteiger partial charge < -0.3 is 10.2 Å². The summed E-state index contributed by atoms with van der Waals surface area (Å²) in [5.74, 6) is 1.56. The van der Waals surface area contributed by atoms with E-state index < -0.39 is 0 Å². The van der Waals surface area contributed by atoms with Gasteiger partial charge in [0.2, 0.25) is 0 Å². The van der Waals surface area contributed by atoms with Gasteiger partial charge >= 0.3 is 0 Å². The van der Waals surface area contributed by atoms with Crippen molar-refractivity contribution in [1.29, 1.82) is 0 Å². The number of rotatable bonds is 3. The summed E-state index contributed by atoms with van der Waals surface area (Å²) >= 11 is 0. The van der Waals surface area contributed by atoms with Crippen molar-refractivity contribution < 1.29 is 4.42 Å². The first-order valence-corrected chi connectivity index (χ1v) is 6.25. The number of nitrogens with two attached hydrogens (primary N) is 1. The van der Waals surface area contributed by atoms with Crippen molar-refractivity contribution in [2.45, 2.75) is 40.7 Å². The van der Waals surface area contributed by atoms with Crippen molar-refractivity contribution in [3.05, 3.63) is 34.6 Å². The fourth-order valence-corrected chi connectivity index (χ4v) is 2.29. The first-order valence-electron chi connectivity index (χ1n) is 6.25. The third kappa shape index (κ3) is 2.09. The maximum atomic E-state index is 5.94. The molecule has 2 N–H and O–H groups in total. The van der Waals surface area contributed by atoms with Gasteiger partial charge in [0.1, 0.15) is 11.3 Å². The summed E-state index contributed by atoms with van der Waals surface area (Å²) in [6.45, 7) is 9.15. The lowest BCUT2D eigenvalue weighted by Gasteiger charge is -2.05. The zero-order valence-corrected chi connectivity index (χ0v) is 11.1.